The van der Waals surface area contributed by atoms with Crippen LogP contribution in [0.5, 0.6) is 0 Å². The van der Waals surface area contributed by atoms with Gasteiger partial charge >= 0.3 is 12.1 Å². The van der Waals surface area contributed by atoms with Crippen LogP contribution in [0.25, 0.3) is 0 Å². The Labute approximate surface area is 234 Å². The van der Waals surface area contributed by atoms with Crippen LogP contribution >= 0.6 is 0 Å². The topological polar surface area (TPSA) is 114 Å². The summed E-state index contributed by atoms with van der Waals surface area (Å²) in [6, 6.07) is 3.59. The van der Waals surface area contributed by atoms with Gasteiger partial charge in [-0.05, 0) is 66.4 Å². The third kappa shape index (κ3) is 10.9. The van der Waals surface area contributed by atoms with Crippen molar-refractivity contribution in [2.45, 2.75) is 112 Å². The first-order chi connectivity index (χ1) is 18.1. The highest BCUT2D eigenvalue weighted by Crippen LogP contribution is 2.29. The molecule has 4 atom stereocenters. The van der Waals surface area contributed by atoms with Crippen LogP contribution in [0.15, 0.2) is 18.2 Å². The summed E-state index contributed by atoms with van der Waals surface area (Å²) in [4.78, 5) is 54.3. The summed E-state index contributed by atoms with van der Waals surface area (Å²) in [7, 11) is 0. The number of amides is 3. The van der Waals surface area contributed by atoms with Crippen LogP contribution in [-0.4, -0.2) is 59.6 Å². The van der Waals surface area contributed by atoms with E-state index in [0.29, 0.717) is 18.4 Å². The molecule has 3 amide bonds. The molecule has 0 bridgehead atoms. The van der Waals surface area contributed by atoms with E-state index in [9.17, 15) is 19.2 Å². The zero-order valence-electron chi connectivity index (χ0n) is 25.5. The molecule has 0 aliphatic carbocycles. The summed E-state index contributed by atoms with van der Waals surface area (Å²) in [6.45, 7) is 18.9. The van der Waals surface area contributed by atoms with E-state index in [-0.39, 0.29) is 37.4 Å². The zero-order valence-corrected chi connectivity index (χ0v) is 25.5. The monoisotopic (exact) mass is 547 g/mol. The second-order valence-corrected chi connectivity index (χ2v) is 11.2. The number of hydrogen-bond donors (Lipinski definition) is 2. The van der Waals surface area contributed by atoms with Gasteiger partial charge in [-0.25, -0.2) is 4.79 Å². The van der Waals surface area contributed by atoms with Gasteiger partial charge in [0.15, 0.2) is 0 Å². The molecule has 0 radical (unpaired) electrons. The first kappa shape index (κ1) is 33.9. The normalized spacial score (nSPS) is 14.4. The summed E-state index contributed by atoms with van der Waals surface area (Å²) >= 11 is 0. The highest BCUT2D eigenvalue weighted by molar-refractivity contribution is 5.92. The Morgan fingerprint density at radius 2 is 1.54 bits per heavy atom. The van der Waals surface area contributed by atoms with Crippen LogP contribution in [0.4, 0.5) is 4.79 Å². The SMILES string of the molecule is CCOC(=O)CCNC(=O)C(c1cc(C)cc(C)c1)N(C(=O)C(NC(=O)OC(C)(C)C)C(C)CC)C(C)CC. The quantitative estimate of drug-likeness (QED) is 0.337. The molecule has 0 fully saturated rings. The van der Waals surface area contributed by atoms with Crippen LogP contribution in [0.1, 0.15) is 97.4 Å². The maximum absolute atomic E-state index is 14.3. The predicted molar refractivity (Wildman–Crippen MR) is 152 cm³/mol. The number of alkyl carbamates (subject to hydrolysis) is 1. The maximum atomic E-state index is 14.3. The van der Waals surface area contributed by atoms with Crippen molar-refractivity contribution >= 4 is 23.9 Å². The Morgan fingerprint density at radius 1 is 0.949 bits per heavy atom. The van der Waals surface area contributed by atoms with E-state index in [4.69, 9.17) is 9.47 Å². The van der Waals surface area contributed by atoms with Gasteiger partial charge in [0, 0.05) is 12.6 Å². The van der Waals surface area contributed by atoms with E-state index < -0.39 is 35.7 Å². The molecular weight excluding hydrogens is 498 g/mol. The minimum Gasteiger partial charge on any atom is -0.466 e. The lowest BCUT2D eigenvalue weighted by Gasteiger charge is -2.39. The molecule has 0 spiro atoms. The van der Waals surface area contributed by atoms with Gasteiger partial charge < -0.3 is 25.0 Å². The van der Waals surface area contributed by atoms with Crippen LogP contribution in [0.2, 0.25) is 0 Å². The molecule has 1 rings (SSSR count). The molecule has 0 aliphatic rings. The fourth-order valence-electron chi connectivity index (χ4n) is 4.30. The molecule has 2 N–H and O–H groups in total. The number of nitrogens with zero attached hydrogens (tertiary/aromatic N) is 1. The number of aryl methyl sites for hydroxylation is 2. The van der Waals surface area contributed by atoms with Gasteiger partial charge in [-0.1, -0.05) is 56.5 Å². The Morgan fingerprint density at radius 3 is 2.03 bits per heavy atom. The van der Waals surface area contributed by atoms with Gasteiger partial charge in [-0.2, -0.15) is 0 Å². The largest absolute Gasteiger partial charge is 0.466 e. The fourth-order valence-corrected chi connectivity index (χ4v) is 4.30. The first-order valence-corrected chi connectivity index (χ1v) is 14.0. The van der Waals surface area contributed by atoms with E-state index in [1.165, 1.54) is 0 Å². The standard InChI is InChI=1S/C30H49N3O6/c1-11-21(6)25(32-29(37)39-30(8,9)10)28(36)33(22(7)12-2)26(23-17-19(4)16-20(5)18-23)27(35)31-15-14-24(34)38-13-3/h16-18,21-22,25-26H,11-15H2,1-10H3,(H,31,35)(H,32,37). The lowest BCUT2D eigenvalue weighted by molar-refractivity contribution is -0.146. The molecule has 39 heavy (non-hydrogen) atoms. The molecule has 0 saturated heterocycles. The van der Waals surface area contributed by atoms with E-state index in [1.54, 1.807) is 32.6 Å². The molecule has 9 heteroatoms. The van der Waals surface area contributed by atoms with Crippen LogP contribution in [0, 0.1) is 19.8 Å². The average Bonchev–Trinajstić information content (AvgIpc) is 2.82. The number of carbonyl (C=O) groups excluding carboxylic acids is 4. The predicted octanol–water partition coefficient (Wildman–Crippen LogP) is 4.98. The summed E-state index contributed by atoms with van der Waals surface area (Å²) in [5.74, 6) is -1.40. The highest BCUT2D eigenvalue weighted by atomic mass is 16.6. The summed E-state index contributed by atoms with van der Waals surface area (Å²) in [6.07, 6.45) is 0.544. The molecule has 1 aromatic rings. The third-order valence-corrected chi connectivity index (χ3v) is 6.49. The highest BCUT2D eigenvalue weighted by Gasteiger charge is 2.40. The molecule has 1 aromatic carbocycles. The molecular formula is C30H49N3O6. The summed E-state index contributed by atoms with van der Waals surface area (Å²) in [5, 5.41) is 5.61. The first-order valence-electron chi connectivity index (χ1n) is 14.0. The lowest BCUT2D eigenvalue weighted by atomic mass is 9.93. The zero-order chi connectivity index (χ0) is 29.9. The Bertz CT molecular complexity index is 967. The molecule has 0 saturated carbocycles. The van der Waals surface area contributed by atoms with Crippen molar-refractivity contribution < 1.29 is 28.7 Å². The number of ether oxygens (including phenoxy) is 2. The molecule has 0 heterocycles. The van der Waals surface area contributed by atoms with E-state index in [1.807, 2.05) is 59.7 Å². The van der Waals surface area contributed by atoms with Crippen molar-refractivity contribution in [3.63, 3.8) is 0 Å². The second-order valence-electron chi connectivity index (χ2n) is 11.2. The molecule has 4 unspecified atom stereocenters. The van der Waals surface area contributed by atoms with Crippen molar-refractivity contribution in [3.05, 3.63) is 34.9 Å². The number of hydrogen-bond acceptors (Lipinski definition) is 6. The van der Waals surface area contributed by atoms with Crippen LogP contribution in [0.3, 0.4) is 0 Å². The number of rotatable bonds is 13. The number of nitrogens with one attached hydrogen (secondary N) is 2. The number of esters is 1. The van der Waals surface area contributed by atoms with Gasteiger partial charge in [-0.3, -0.25) is 14.4 Å². The van der Waals surface area contributed by atoms with E-state index >= 15 is 0 Å². The lowest BCUT2D eigenvalue weighted by Crippen LogP contribution is -2.57. The molecule has 9 nitrogen and oxygen atoms in total. The van der Waals surface area contributed by atoms with Crippen molar-refractivity contribution in [3.8, 4) is 0 Å². The smallest absolute Gasteiger partial charge is 0.408 e. The number of benzene rings is 1. The second kappa shape index (κ2) is 15.5. The van der Waals surface area contributed by atoms with Crippen LogP contribution in [-0.2, 0) is 23.9 Å². The van der Waals surface area contributed by atoms with Gasteiger partial charge in [0.2, 0.25) is 11.8 Å². The van der Waals surface area contributed by atoms with Gasteiger partial charge in [0.05, 0.1) is 13.0 Å². The Hall–Kier alpha value is -3.10. The van der Waals surface area contributed by atoms with Gasteiger partial charge in [0.25, 0.3) is 0 Å². The van der Waals surface area contributed by atoms with E-state index in [0.717, 1.165) is 11.1 Å². The molecule has 220 valence electrons. The minimum atomic E-state index is -0.972. The third-order valence-electron chi connectivity index (χ3n) is 6.49. The number of carbonyl (C=O) groups is 4. The fraction of sp³-hybridized carbons (Fsp3) is 0.667. The Balaban J connectivity index is 3.55. The van der Waals surface area contributed by atoms with Gasteiger partial charge in [-0.15, -0.1) is 0 Å². The minimum absolute atomic E-state index is 0.0200. The van der Waals surface area contributed by atoms with Crippen molar-refractivity contribution in [1.82, 2.24) is 15.5 Å². The maximum Gasteiger partial charge on any atom is 0.408 e. The van der Waals surface area contributed by atoms with Crippen molar-refractivity contribution in [2.75, 3.05) is 13.2 Å². The van der Waals surface area contributed by atoms with Gasteiger partial charge in [0.1, 0.15) is 17.7 Å². The van der Waals surface area contributed by atoms with Crippen molar-refractivity contribution in [1.29, 1.82) is 0 Å². The average molecular weight is 548 g/mol. The molecule has 0 aliphatic heterocycles. The van der Waals surface area contributed by atoms with E-state index in [2.05, 4.69) is 10.6 Å². The molecule has 0 aromatic heterocycles. The summed E-state index contributed by atoms with van der Waals surface area (Å²) < 4.78 is 10.4. The Kier molecular flexibility index (Phi) is 13.5. The van der Waals surface area contributed by atoms with Crippen molar-refractivity contribution in [2.24, 2.45) is 5.92 Å². The van der Waals surface area contributed by atoms with Crippen LogP contribution < -0.4 is 10.6 Å². The summed E-state index contributed by atoms with van der Waals surface area (Å²) in [5.41, 5.74) is 1.84.